The molecule has 204 valence electrons. The third-order valence-corrected chi connectivity index (χ3v) is 9.15. The van der Waals surface area contributed by atoms with E-state index in [0.717, 1.165) is 0 Å². The van der Waals surface area contributed by atoms with Crippen LogP contribution in [-0.4, -0.2) is 94.1 Å². The first kappa shape index (κ1) is 26.9. The third kappa shape index (κ3) is 3.74. The summed E-state index contributed by atoms with van der Waals surface area (Å²) in [5, 5.41) is 22.6. The van der Waals surface area contributed by atoms with Gasteiger partial charge in [-0.2, -0.15) is 0 Å². The monoisotopic (exact) mass is 549 g/mol. The summed E-state index contributed by atoms with van der Waals surface area (Å²) in [6.07, 6.45) is -0.530. The number of hydrogen-bond acceptors (Lipinski definition) is 9. The normalized spacial score (nSPS) is 35.3. The van der Waals surface area contributed by atoms with E-state index < -0.39 is 76.3 Å². The molecule has 0 bridgehead atoms. The Kier molecular flexibility index (Phi) is 6.49. The molecule has 10 nitrogen and oxygen atoms in total. The van der Waals surface area contributed by atoms with E-state index in [1.165, 1.54) is 25.1 Å². The first-order valence-corrected chi connectivity index (χ1v) is 12.9. The molecule has 1 saturated heterocycles. The van der Waals surface area contributed by atoms with Gasteiger partial charge in [0, 0.05) is 30.6 Å². The molecule has 5 rings (SSSR count). The number of Topliss-reactive ketones (excluding diaryl/α,β-unsaturated/α-hetero) is 4. The molecule has 4 aliphatic rings. The number of hydrogen-bond donors (Lipinski definition) is 3. The van der Waals surface area contributed by atoms with Crippen molar-refractivity contribution in [3.05, 3.63) is 27.8 Å². The number of likely N-dealkylation sites (N-methyl/N-ethyl adjacent to an activating group) is 1. The number of nitrogens with zero attached hydrogens (tertiary/aromatic N) is 2. The predicted molar refractivity (Wildman–Crippen MR) is 131 cm³/mol. The highest BCUT2D eigenvalue weighted by molar-refractivity contribution is 6.34. The van der Waals surface area contributed by atoms with Gasteiger partial charge in [-0.25, -0.2) is 4.39 Å². The number of nitrogens with two attached hydrogens (primary N) is 1. The van der Waals surface area contributed by atoms with Crippen molar-refractivity contribution in [2.45, 2.75) is 43.6 Å². The van der Waals surface area contributed by atoms with Crippen LogP contribution in [0.1, 0.15) is 34.3 Å². The quantitative estimate of drug-likeness (QED) is 0.442. The molecule has 38 heavy (non-hydrogen) atoms. The highest BCUT2D eigenvalue weighted by Gasteiger charge is 2.69. The van der Waals surface area contributed by atoms with Crippen LogP contribution in [0.25, 0.3) is 0 Å². The van der Waals surface area contributed by atoms with Gasteiger partial charge in [0.15, 0.2) is 34.7 Å². The van der Waals surface area contributed by atoms with Crippen molar-refractivity contribution in [2.24, 2.45) is 29.4 Å². The summed E-state index contributed by atoms with van der Waals surface area (Å²) in [7, 11) is 3.05. The molecule has 1 heterocycles. The summed E-state index contributed by atoms with van der Waals surface area (Å²) in [5.41, 5.74) is 3.24. The molecule has 0 radical (unpaired) electrons. The Labute approximate surface area is 222 Å². The summed E-state index contributed by atoms with van der Waals surface area (Å²) < 4.78 is 13.7. The second-order valence-electron chi connectivity index (χ2n) is 11.1. The Morgan fingerprint density at radius 2 is 1.95 bits per heavy atom. The number of phenolic OH excluding ortho intramolecular Hbond substituents is 1. The van der Waals surface area contributed by atoms with Gasteiger partial charge in [0.05, 0.1) is 17.5 Å². The lowest BCUT2D eigenvalue weighted by molar-refractivity contribution is -0.181. The minimum atomic E-state index is -2.77. The number of amides is 1. The van der Waals surface area contributed by atoms with E-state index in [2.05, 4.69) is 0 Å². The summed E-state index contributed by atoms with van der Waals surface area (Å²) >= 11 is 6.70. The number of aromatic hydroxyl groups is 1. The molecule has 4 N–H and O–H groups in total. The van der Waals surface area contributed by atoms with Gasteiger partial charge in [0.2, 0.25) is 5.91 Å². The second-order valence-corrected chi connectivity index (χ2v) is 11.5. The number of ketones is 4. The van der Waals surface area contributed by atoms with Crippen molar-refractivity contribution in [1.82, 2.24) is 9.80 Å². The molecule has 1 aromatic carbocycles. The van der Waals surface area contributed by atoms with Crippen LogP contribution >= 0.6 is 11.6 Å². The smallest absolute Gasteiger partial charge is 0.235 e. The Hall–Kier alpha value is -2.73. The van der Waals surface area contributed by atoms with Gasteiger partial charge >= 0.3 is 0 Å². The van der Waals surface area contributed by atoms with E-state index >= 15 is 0 Å². The summed E-state index contributed by atoms with van der Waals surface area (Å²) in [4.78, 5) is 69.2. The topological polar surface area (TPSA) is 158 Å². The van der Waals surface area contributed by atoms with E-state index in [-0.39, 0.29) is 36.5 Å². The maximum atomic E-state index is 13.8. The average molecular weight is 550 g/mol. The zero-order chi connectivity index (χ0) is 27.8. The lowest BCUT2D eigenvalue weighted by Gasteiger charge is -2.52. The molecule has 0 aromatic heterocycles. The number of likely N-dealkylation sites (tertiary alicyclic amines) is 1. The van der Waals surface area contributed by atoms with Crippen molar-refractivity contribution in [2.75, 3.05) is 27.2 Å². The van der Waals surface area contributed by atoms with E-state index in [9.17, 15) is 38.6 Å². The maximum Gasteiger partial charge on any atom is 0.235 e. The standard InChI is InChI=1S/C26H29ClFN3O7/c1-30(2)20-14-6-10-5-13-17(15(32)7-11(19(13)27)8-31-4-3-12(28)9-31)21(33)16(10)23(35)26(14,38)24(36)18(22(20)34)25(29)37/h7,10,12,14,16,18,20,32,38H,3-6,8-9H2,1-2H3,(H2,29,37)/t10-,12+,14-,16?,18?,20-,26-/m0/s1. The van der Waals surface area contributed by atoms with E-state index in [1.807, 2.05) is 4.90 Å². The molecule has 2 saturated carbocycles. The number of primary amides is 1. The van der Waals surface area contributed by atoms with Crippen LogP contribution in [0, 0.1) is 23.7 Å². The third-order valence-electron chi connectivity index (χ3n) is 8.68. The van der Waals surface area contributed by atoms with Crippen molar-refractivity contribution >= 4 is 40.6 Å². The number of phenols is 1. The van der Waals surface area contributed by atoms with Crippen molar-refractivity contribution in [3.8, 4) is 5.75 Å². The van der Waals surface area contributed by atoms with Crippen LogP contribution in [0.5, 0.6) is 5.75 Å². The number of rotatable bonds is 4. The molecule has 3 fully saturated rings. The number of carbonyl (C=O) groups excluding carboxylic acids is 5. The first-order chi connectivity index (χ1) is 17.8. The van der Waals surface area contributed by atoms with Gasteiger partial charge in [-0.05, 0) is 56.5 Å². The van der Waals surface area contributed by atoms with Gasteiger partial charge in [0.1, 0.15) is 11.9 Å². The fourth-order valence-corrected chi connectivity index (χ4v) is 7.28. The number of halogens is 2. The van der Waals surface area contributed by atoms with Gasteiger partial charge in [-0.15, -0.1) is 0 Å². The van der Waals surface area contributed by atoms with Crippen LogP contribution < -0.4 is 5.73 Å². The van der Waals surface area contributed by atoms with E-state index in [0.29, 0.717) is 24.1 Å². The van der Waals surface area contributed by atoms with Gasteiger partial charge in [-0.1, -0.05) is 11.6 Å². The van der Waals surface area contributed by atoms with Gasteiger partial charge in [0.25, 0.3) is 0 Å². The maximum absolute atomic E-state index is 13.8. The summed E-state index contributed by atoms with van der Waals surface area (Å²) in [6, 6.07) is 0.154. The molecule has 0 spiro atoms. The minimum absolute atomic E-state index is 0.0547. The van der Waals surface area contributed by atoms with Crippen molar-refractivity contribution in [1.29, 1.82) is 0 Å². The van der Waals surface area contributed by atoms with E-state index in [4.69, 9.17) is 17.3 Å². The number of carbonyl (C=O) groups is 5. The molecule has 2 unspecified atom stereocenters. The minimum Gasteiger partial charge on any atom is -0.507 e. The van der Waals surface area contributed by atoms with Gasteiger partial charge < -0.3 is 15.9 Å². The highest BCUT2D eigenvalue weighted by atomic mass is 35.5. The van der Waals surface area contributed by atoms with E-state index in [1.54, 1.807) is 0 Å². The van der Waals surface area contributed by atoms with Crippen molar-refractivity contribution < 1.29 is 38.6 Å². The number of alkyl halides is 1. The van der Waals surface area contributed by atoms with Crippen LogP contribution in [0.3, 0.4) is 0 Å². The Morgan fingerprint density at radius 3 is 2.53 bits per heavy atom. The first-order valence-electron chi connectivity index (χ1n) is 12.5. The fourth-order valence-electron chi connectivity index (χ4n) is 6.99. The predicted octanol–water partition coefficient (Wildman–Crippen LogP) is 0.0642. The fraction of sp³-hybridized carbons (Fsp3) is 0.577. The Morgan fingerprint density at radius 1 is 1.26 bits per heavy atom. The zero-order valence-corrected chi connectivity index (χ0v) is 21.7. The van der Waals surface area contributed by atoms with Gasteiger partial charge in [-0.3, -0.25) is 33.8 Å². The number of fused-ring (bicyclic) bond motifs is 3. The van der Waals surface area contributed by atoms with Crippen molar-refractivity contribution in [3.63, 3.8) is 0 Å². The molecule has 3 aliphatic carbocycles. The molecule has 12 heteroatoms. The SMILES string of the molecule is CN(C)[C@@H]1C(=O)C(C(N)=O)C(=O)[C@@]2(O)C(=O)C3C(=O)c4c(O)cc(CN5CC[C@@H](F)C5)c(Cl)c4C[C@H]3C[C@@H]12. The number of aliphatic hydroxyl groups is 1. The number of benzene rings is 1. The average Bonchev–Trinajstić information content (AvgIpc) is 3.23. The lowest BCUT2D eigenvalue weighted by Crippen LogP contribution is -2.74. The zero-order valence-electron chi connectivity index (χ0n) is 20.9. The van der Waals surface area contributed by atoms with Crippen LogP contribution in [0.15, 0.2) is 6.07 Å². The van der Waals surface area contributed by atoms with Crippen LogP contribution in [0.4, 0.5) is 4.39 Å². The highest BCUT2D eigenvalue weighted by Crippen LogP contribution is 2.51. The molecule has 1 aromatic rings. The van der Waals surface area contributed by atoms with Crippen LogP contribution in [-0.2, 0) is 32.1 Å². The Balaban J connectivity index is 1.57. The molecule has 1 aliphatic heterocycles. The summed E-state index contributed by atoms with van der Waals surface area (Å²) in [5.74, 6) is -11.1. The largest absolute Gasteiger partial charge is 0.507 e. The molecule has 1 amide bonds. The molecular weight excluding hydrogens is 521 g/mol. The Bertz CT molecular complexity index is 1290. The molecular formula is C26H29ClFN3O7. The lowest BCUT2D eigenvalue weighted by atomic mass is 9.52. The molecule has 7 atom stereocenters. The summed E-state index contributed by atoms with van der Waals surface area (Å²) in [6.45, 7) is 1.02. The second kappa shape index (κ2) is 9.18. The van der Waals surface area contributed by atoms with Crippen LogP contribution in [0.2, 0.25) is 5.02 Å².